The van der Waals surface area contributed by atoms with E-state index in [-0.39, 0.29) is 11.3 Å². The summed E-state index contributed by atoms with van der Waals surface area (Å²) in [7, 11) is 1.89. The highest BCUT2D eigenvalue weighted by Crippen LogP contribution is 2.35. The van der Waals surface area contributed by atoms with Crippen molar-refractivity contribution in [1.82, 2.24) is 5.32 Å². The van der Waals surface area contributed by atoms with E-state index in [0.717, 1.165) is 4.99 Å². The molecule has 1 aromatic rings. The maximum atomic E-state index is 5.40. The lowest BCUT2D eigenvalue weighted by Crippen LogP contribution is -2.32. The molecule has 1 nitrogen and oxygen atoms in total. The first kappa shape index (κ1) is 12.2. The van der Waals surface area contributed by atoms with Crippen LogP contribution >= 0.6 is 12.2 Å². The van der Waals surface area contributed by atoms with Crippen LogP contribution in [0.25, 0.3) is 0 Å². The minimum Gasteiger partial charge on any atom is -0.382 e. The van der Waals surface area contributed by atoms with Gasteiger partial charge < -0.3 is 5.32 Å². The van der Waals surface area contributed by atoms with Crippen molar-refractivity contribution in [1.29, 1.82) is 0 Å². The molecule has 0 bridgehead atoms. The van der Waals surface area contributed by atoms with E-state index in [1.807, 2.05) is 13.1 Å². The van der Waals surface area contributed by atoms with E-state index in [4.69, 9.17) is 12.2 Å². The molecule has 0 unspecified atom stereocenters. The van der Waals surface area contributed by atoms with Crippen molar-refractivity contribution in [2.45, 2.75) is 26.7 Å². The van der Waals surface area contributed by atoms with E-state index in [1.54, 1.807) is 0 Å². The molecule has 0 aromatic heterocycles. The second kappa shape index (κ2) is 4.75. The van der Waals surface area contributed by atoms with Crippen LogP contribution in [0, 0.1) is 5.41 Å². The van der Waals surface area contributed by atoms with Crippen LogP contribution in [0.3, 0.4) is 0 Å². The highest BCUT2D eigenvalue weighted by molar-refractivity contribution is 7.80. The first-order chi connectivity index (χ1) is 6.96. The van der Waals surface area contributed by atoms with Crippen molar-refractivity contribution in [3.8, 4) is 0 Å². The number of likely N-dealkylation sites (N-methyl/N-ethyl adjacent to an activating group) is 1. The van der Waals surface area contributed by atoms with E-state index >= 15 is 0 Å². The Bertz CT molecular complexity index is 324. The minimum atomic E-state index is 0.140. The van der Waals surface area contributed by atoms with Gasteiger partial charge in [0.05, 0.1) is 4.99 Å². The first-order valence-corrected chi connectivity index (χ1v) is 5.64. The van der Waals surface area contributed by atoms with Gasteiger partial charge in [-0.1, -0.05) is 63.3 Å². The zero-order valence-electron chi connectivity index (χ0n) is 9.87. The molecule has 0 aliphatic heterocycles. The molecular weight excluding hydrogens is 202 g/mol. The molecule has 1 aromatic carbocycles. The van der Waals surface area contributed by atoms with Gasteiger partial charge >= 0.3 is 0 Å². The molecule has 0 radical (unpaired) electrons. The topological polar surface area (TPSA) is 12.0 Å². The molecule has 0 amide bonds. The second-order valence-corrected chi connectivity index (χ2v) is 5.26. The zero-order valence-corrected chi connectivity index (χ0v) is 10.7. The van der Waals surface area contributed by atoms with Crippen LogP contribution in [0.15, 0.2) is 30.3 Å². The van der Waals surface area contributed by atoms with Crippen LogP contribution in [0.5, 0.6) is 0 Å². The predicted octanol–water partition coefficient (Wildman–Crippen LogP) is 3.36. The summed E-state index contributed by atoms with van der Waals surface area (Å²) < 4.78 is 0. The average molecular weight is 221 g/mol. The Labute approximate surface area is 97.9 Å². The molecule has 1 rings (SSSR count). The third-order valence-corrected chi connectivity index (χ3v) is 2.95. The molecule has 1 N–H and O–H groups in total. The second-order valence-electron chi connectivity index (χ2n) is 4.82. The van der Waals surface area contributed by atoms with E-state index in [0.29, 0.717) is 0 Å². The van der Waals surface area contributed by atoms with Crippen LogP contribution in [-0.2, 0) is 0 Å². The standard InChI is InChI=1S/C13H19NS/c1-13(2,3)11(12(15)14-4)10-8-6-5-7-9-10/h5-9,11H,1-4H3,(H,14,15)/t11-/m1/s1. The van der Waals surface area contributed by atoms with Crippen LogP contribution in [0.1, 0.15) is 32.3 Å². The largest absolute Gasteiger partial charge is 0.382 e. The normalized spacial score (nSPS) is 13.3. The Balaban J connectivity index is 3.08. The van der Waals surface area contributed by atoms with Gasteiger partial charge in [-0.15, -0.1) is 0 Å². The van der Waals surface area contributed by atoms with Crippen molar-refractivity contribution in [2.75, 3.05) is 7.05 Å². The lowest BCUT2D eigenvalue weighted by molar-refractivity contribution is 0.381. The summed E-state index contributed by atoms with van der Waals surface area (Å²) in [5.74, 6) is 0.277. The van der Waals surface area contributed by atoms with E-state index in [1.165, 1.54) is 5.56 Å². The number of thiocarbonyl (C=S) groups is 1. The van der Waals surface area contributed by atoms with Gasteiger partial charge in [0.2, 0.25) is 0 Å². The molecule has 0 heterocycles. The Morgan fingerprint density at radius 3 is 2.13 bits per heavy atom. The van der Waals surface area contributed by atoms with E-state index in [2.05, 4.69) is 50.4 Å². The summed E-state index contributed by atoms with van der Waals surface area (Å²) in [5, 5.41) is 3.10. The maximum absolute atomic E-state index is 5.40. The molecule has 0 saturated carbocycles. The van der Waals surface area contributed by atoms with Crippen LogP contribution in [0.4, 0.5) is 0 Å². The Hall–Kier alpha value is -0.890. The Morgan fingerprint density at radius 1 is 1.20 bits per heavy atom. The van der Waals surface area contributed by atoms with Gasteiger partial charge in [0.1, 0.15) is 0 Å². The molecule has 15 heavy (non-hydrogen) atoms. The summed E-state index contributed by atoms with van der Waals surface area (Å²) in [6.07, 6.45) is 0. The van der Waals surface area contributed by atoms with Gasteiger partial charge in [-0.3, -0.25) is 0 Å². The minimum absolute atomic E-state index is 0.140. The van der Waals surface area contributed by atoms with Crippen molar-refractivity contribution in [3.63, 3.8) is 0 Å². The van der Waals surface area contributed by atoms with Gasteiger partial charge in [0.15, 0.2) is 0 Å². The molecule has 0 aliphatic rings. The molecule has 1 atom stereocenters. The quantitative estimate of drug-likeness (QED) is 0.769. The molecule has 0 saturated heterocycles. The van der Waals surface area contributed by atoms with Gasteiger partial charge in [0.25, 0.3) is 0 Å². The summed E-state index contributed by atoms with van der Waals surface area (Å²) in [5.41, 5.74) is 1.42. The fourth-order valence-corrected chi connectivity index (χ4v) is 2.32. The first-order valence-electron chi connectivity index (χ1n) is 5.23. The molecule has 0 fully saturated rings. The predicted molar refractivity (Wildman–Crippen MR) is 70.3 cm³/mol. The van der Waals surface area contributed by atoms with Crippen molar-refractivity contribution >= 4 is 17.2 Å². The third kappa shape index (κ3) is 3.03. The molecule has 2 heteroatoms. The Kier molecular flexibility index (Phi) is 3.86. The number of hydrogen-bond acceptors (Lipinski definition) is 1. The van der Waals surface area contributed by atoms with Crippen LogP contribution < -0.4 is 5.32 Å². The lowest BCUT2D eigenvalue weighted by atomic mass is 9.76. The number of hydrogen-bond donors (Lipinski definition) is 1. The zero-order chi connectivity index (χ0) is 11.5. The molecule has 82 valence electrons. The molecule has 0 aliphatic carbocycles. The average Bonchev–Trinajstić information content (AvgIpc) is 2.17. The van der Waals surface area contributed by atoms with Crippen molar-refractivity contribution in [2.24, 2.45) is 5.41 Å². The van der Waals surface area contributed by atoms with Gasteiger partial charge in [0, 0.05) is 13.0 Å². The van der Waals surface area contributed by atoms with Crippen molar-refractivity contribution < 1.29 is 0 Å². The van der Waals surface area contributed by atoms with Crippen molar-refractivity contribution in [3.05, 3.63) is 35.9 Å². The molecular formula is C13H19NS. The van der Waals surface area contributed by atoms with E-state index in [9.17, 15) is 0 Å². The summed E-state index contributed by atoms with van der Waals surface area (Å²) in [6.45, 7) is 6.65. The molecule has 0 spiro atoms. The number of benzene rings is 1. The number of nitrogens with one attached hydrogen (secondary N) is 1. The number of rotatable bonds is 2. The third-order valence-electron chi connectivity index (χ3n) is 2.51. The lowest BCUT2D eigenvalue weighted by Gasteiger charge is -2.31. The fourth-order valence-electron chi connectivity index (χ4n) is 1.83. The smallest absolute Gasteiger partial charge is 0.0831 e. The fraction of sp³-hybridized carbons (Fsp3) is 0.462. The van der Waals surface area contributed by atoms with Gasteiger partial charge in [-0.2, -0.15) is 0 Å². The maximum Gasteiger partial charge on any atom is 0.0831 e. The van der Waals surface area contributed by atoms with Gasteiger partial charge in [-0.05, 0) is 11.0 Å². The highest BCUT2D eigenvalue weighted by atomic mass is 32.1. The monoisotopic (exact) mass is 221 g/mol. The van der Waals surface area contributed by atoms with Crippen LogP contribution in [0.2, 0.25) is 0 Å². The summed E-state index contributed by atoms with van der Waals surface area (Å²) in [4.78, 5) is 0.911. The van der Waals surface area contributed by atoms with Crippen LogP contribution in [-0.4, -0.2) is 12.0 Å². The SMILES string of the molecule is CNC(=S)[C@@H](c1ccccc1)C(C)(C)C. The Morgan fingerprint density at radius 2 is 1.73 bits per heavy atom. The summed E-state index contributed by atoms with van der Waals surface area (Å²) >= 11 is 5.40. The van der Waals surface area contributed by atoms with E-state index < -0.39 is 0 Å². The van der Waals surface area contributed by atoms with Gasteiger partial charge in [-0.25, -0.2) is 0 Å². The highest BCUT2D eigenvalue weighted by Gasteiger charge is 2.29. The summed E-state index contributed by atoms with van der Waals surface area (Å²) in [6, 6.07) is 10.4.